The summed E-state index contributed by atoms with van der Waals surface area (Å²) in [5, 5.41) is 9.34. The Kier molecular flexibility index (Phi) is 3.27. The summed E-state index contributed by atoms with van der Waals surface area (Å²) >= 11 is 0. The second-order valence-electron chi connectivity index (χ2n) is 6.42. The number of rotatable bonds is 1. The van der Waals surface area contributed by atoms with Gasteiger partial charge in [-0.3, -0.25) is 0 Å². The van der Waals surface area contributed by atoms with Gasteiger partial charge in [-0.2, -0.15) is 5.26 Å². The number of ether oxygens (including phenoxy) is 1. The van der Waals surface area contributed by atoms with Gasteiger partial charge in [0.05, 0.1) is 16.8 Å². The molecule has 4 nitrogen and oxygen atoms in total. The quantitative estimate of drug-likeness (QED) is 0.778. The summed E-state index contributed by atoms with van der Waals surface area (Å²) in [7, 11) is 0. The van der Waals surface area contributed by atoms with Crippen LogP contribution in [-0.2, 0) is 4.74 Å². The third kappa shape index (κ3) is 2.87. The first-order chi connectivity index (χ1) is 8.74. The molecule has 1 aliphatic heterocycles. The maximum absolute atomic E-state index is 9.34. The van der Waals surface area contributed by atoms with Gasteiger partial charge in [-0.05, 0) is 46.2 Å². The van der Waals surface area contributed by atoms with E-state index in [2.05, 4.69) is 43.6 Å². The predicted molar refractivity (Wildman–Crippen MR) is 75.1 cm³/mol. The van der Waals surface area contributed by atoms with Gasteiger partial charge in [-0.25, -0.2) is 4.98 Å². The van der Waals surface area contributed by atoms with Gasteiger partial charge >= 0.3 is 0 Å². The molecule has 0 aromatic carbocycles. The Bertz CT molecular complexity index is 513. The van der Waals surface area contributed by atoms with E-state index in [0.717, 1.165) is 24.5 Å². The van der Waals surface area contributed by atoms with Crippen LogP contribution < -0.4 is 4.90 Å². The minimum atomic E-state index is -0.250. The molecule has 4 heteroatoms. The topological polar surface area (TPSA) is 49.2 Å². The van der Waals surface area contributed by atoms with E-state index in [1.165, 1.54) is 0 Å². The molecule has 0 atom stereocenters. The number of pyridine rings is 1. The number of anilines is 1. The summed E-state index contributed by atoms with van der Waals surface area (Å²) < 4.78 is 6.06. The zero-order valence-electron chi connectivity index (χ0n) is 12.3. The van der Waals surface area contributed by atoms with Crippen molar-refractivity contribution in [3.63, 3.8) is 0 Å². The van der Waals surface area contributed by atoms with Gasteiger partial charge in [0, 0.05) is 19.3 Å². The fourth-order valence-corrected chi connectivity index (χ4v) is 2.86. The van der Waals surface area contributed by atoms with Crippen LogP contribution in [0.2, 0.25) is 0 Å². The first-order valence-corrected chi connectivity index (χ1v) is 6.55. The summed E-state index contributed by atoms with van der Waals surface area (Å²) in [5.74, 6) is 0.770. The Morgan fingerprint density at radius 2 is 1.84 bits per heavy atom. The lowest BCUT2D eigenvalue weighted by Gasteiger charge is -2.47. The van der Waals surface area contributed by atoms with Crippen LogP contribution in [0.5, 0.6) is 0 Å². The Morgan fingerprint density at radius 1 is 1.26 bits per heavy atom. The van der Waals surface area contributed by atoms with Crippen LogP contribution in [0.3, 0.4) is 0 Å². The largest absolute Gasteiger partial charge is 0.366 e. The van der Waals surface area contributed by atoms with Gasteiger partial charge in [0.1, 0.15) is 11.9 Å². The Morgan fingerprint density at radius 3 is 2.37 bits per heavy atom. The molecule has 102 valence electrons. The molecule has 1 saturated heterocycles. The van der Waals surface area contributed by atoms with Crippen LogP contribution in [0, 0.1) is 18.3 Å². The van der Waals surface area contributed by atoms with E-state index < -0.39 is 0 Å². The van der Waals surface area contributed by atoms with Crippen LogP contribution in [0.15, 0.2) is 12.3 Å². The molecule has 0 saturated carbocycles. The predicted octanol–water partition coefficient (Wildman–Crippen LogP) is 2.66. The third-order valence-corrected chi connectivity index (χ3v) is 3.25. The Labute approximate surface area is 115 Å². The van der Waals surface area contributed by atoms with Crippen LogP contribution in [0.1, 0.15) is 38.8 Å². The van der Waals surface area contributed by atoms with Gasteiger partial charge < -0.3 is 9.64 Å². The van der Waals surface area contributed by atoms with Crippen molar-refractivity contribution >= 4 is 5.82 Å². The molecule has 0 amide bonds. The molecular weight excluding hydrogens is 238 g/mol. The van der Waals surface area contributed by atoms with Crippen molar-refractivity contribution in [1.29, 1.82) is 5.26 Å². The Balaban J connectivity index is 2.42. The lowest BCUT2D eigenvalue weighted by Crippen LogP contribution is -2.57. The van der Waals surface area contributed by atoms with Crippen molar-refractivity contribution in [3.05, 3.63) is 23.4 Å². The van der Waals surface area contributed by atoms with Crippen molar-refractivity contribution < 1.29 is 4.74 Å². The molecule has 2 rings (SSSR count). The number of aromatic nitrogens is 1. The number of hydrogen-bond acceptors (Lipinski definition) is 4. The van der Waals surface area contributed by atoms with E-state index >= 15 is 0 Å². The maximum atomic E-state index is 9.34. The van der Waals surface area contributed by atoms with Crippen molar-refractivity contribution in [2.75, 3.05) is 18.0 Å². The van der Waals surface area contributed by atoms with Crippen LogP contribution in [0.4, 0.5) is 5.82 Å². The molecule has 0 spiro atoms. The minimum absolute atomic E-state index is 0.250. The second-order valence-corrected chi connectivity index (χ2v) is 6.42. The monoisotopic (exact) mass is 259 g/mol. The maximum Gasteiger partial charge on any atom is 0.146 e. The first-order valence-electron chi connectivity index (χ1n) is 6.55. The minimum Gasteiger partial charge on any atom is -0.366 e. The molecular formula is C15H21N3O. The number of nitriles is 1. The van der Waals surface area contributed by atoms with Crippen LogP contribution in [-0.4, -0.2) is 29.3 Å². The van der Waals surface area contributed by atoms with E-state index in [1.54, 1.807) is 6.20 Å². The van der Waals surface area contributed by atoms with Crippen molar-refractivity contribution in [3.8, 4) is 6.07 Å². The second kappa shape index (κ2) is 4.50. The average Bonchev–Trinajstić information content (AvgIpc) is 2.24. The molecule has 1 aliphatic rings. The molecule has 1 aromatic rings. The molecule has 19 heavy (non-hydrogen) atoms. The summed E-state index contributed by atoms with van der Waals surface area (Å²) in [6, 6.07) is 4.14. The molecule has 2 heterocycles. The highest BCUT2D eigenvalue weighted by Crippen LogP contribution is 2.32. The molecule has 0 N–H and O–H groups in total. The van der Waals surface area contributed by atoms with Crippen molar-refractivity contribution in [1.82, 2.24) is 4.98 Å². The van der Waals surface area contributed by atoms with Gasteiger partial charge in [0.15, 0.2) is 0 Å². The van der Waals surface area contributed by atoms with E-state index in [0.29, 0.717) is 5.56 Å². The van der Waals surface area contributed by atoms with Gasteiger partial charge in [0.25, 0.3) is 0 Å². The van der Waals surface area contributed by atoms with Crippen LogP contribution in [0.25, 0.3) is 0 Å². The fourth-order valence-electron chi connectivity index (χ4n) is 2.86. The zero-order valence-corrected chi connectivity index (χ0v) is 12.3. The first kappa shape index (κ1) is 13.8. The highest BCUT2D eigenvalue weighted by atomic mass is 16.5. The highest BCUT2D eigenvalue weighted by Gasteiger charge is 2.39. The standard InChI is InChI=1S/C15H21N3O/c1-11-6-7-17-13(12(11)8-16)18-9-14(2,3)19-15(4,5)10-18/h6-7H,9-10H2,1-5H3. The normalized spacial score (nSPS) is 20.9. The summed E-state index contributed by atoms with van der Waals surface area (Å²) in [6.45, 7) is 11.7. The molecule has 1 fully saturated rings. The summed E-state index contributed by atoms with van der Waals surface area (Å²) in [4.78, 5) is 6.57. The Hall–Kier alpha value is -1.60. The molecule has 0 unspecified atom stereocenters. The highest BCUT2D eigenvalue weighted by molar-refractivity contribution is 5.57. The van der Waals surface area contributed by atoms with Gasteiger partial charge in [-0.1, -0.05) is 0 Å². The number of aryl methyl sites for hydroxylation is 1. The smallest absolute Gasteiger partial charge is 0.146 e. The molecule has 0 bridgehead atoms. The van der Waals surface area contributed by atoms with E-state index in [4.69, 9.17) is 4.74 Å². The van der Waals surface area contributed by atoms with Gasteiger partial charge in [-0.15, -0.1) is 0 Å². The number of hydrogen-bond donors (Lipinski definition) is 0. The van der Waals surface area contributed by atoms with Crippen molar-refractivity contribution in [2.45, 2.75) is 45.8 Å². The SMILES string of the molecule is Cc1ccnc(N2CC(C)(C)OC(C)(C)C2)c1C#N. The zero-order chi connectivity index (χ0) is 14.3. The van der Waals surface area contributed by atoms with E-state index in [9.17, 15) is 5.26 Å². The lowest BCUT2D eigenvalue weighted by molar-refractivity contribution is -0.133. The third-order valence-electron chi connectivity index (χ3n) is 3.25. The van der Waals surface area contributed by atoms with Crippen LogP contribution >= 0.6 is 0 Å². The number of nitrogens with zero attached hydrogens (tertiary/aromatic N) is 3. The molecule has 1 aromatic heterocycles. The average molecular weight is 259 g/mol. The summed E-state index contributed by atoms with van der Waals surface area (Å²) in [6.07, 6.45) is 1.76. The van der Waals surface area contributed by atoms with E-state index in [1.807, 2.05) is 13.0 Å². The fraction of sp³-hybridized carbons (Fsp3) is 0.600. The summed E-state index contributed by atoms with van der Waals surface area (Å²) in [5.41, 5.74) is 1.13. The lowest BCUT2D eigenvalue weighted by atomic mass is 9.98. The van der Waals surface area contributed by atoms with E-state index in [-0.39, 0.29) is 11.2 Å². The number of morpholine rings is 1. The van der Waals surface area contributed by atoms with Crippen molar-refractivity contribution in [2.24, 2.45) is 0 Å². The molecule has 0 radical (unpaired) electrons. The van der Waals surface area contributed by atoms with Gasteiger partial charge in [0.2, 0.25) is 0 Å². The molecule has 0 aliphatic carbocycles.